The lowest BCUT2D eigenvalue weighted by molar-refractivity contribution is -0.143. The third-order valence-corrected chi connectivity index (χ3v) is 13.8. The van der Waals surface area contributed by atoms with Crippen LogP contribution in [0.1, 0.15) is 316 Å². The van der Waals surface area contributed by atoms with Gasteiger partial charge in [0.25, 0.3) is 0 Å². The van der Waals surface area contributed by atoms with Crippen LogP contribution in [0.15, 0.2) is 48.6 Å². The molecule has 0 rings (SSSR count). The summed E-state index contributed by atoms with van der Waals surface area (Å²) in [6.07, 6.45) is 74.3. The molecule has 0 aliphatic heterocycles. The predicted octanol–water partition coefficient (Wildman–Crippen LogP) is 19.0. The highest BCUT2D eigenvalue weighted by molar-refractivity contribution is 5.76. The molecule has 3 N–H and O–H groups in total. The molecule has 0 radical (unpaired) electrons. The number of allylic oxidation sites excluding steroid dienone is 7. The van der Waals surface area contributed by atoms with Gasteiger partial charge >= 0.3 is 5.97 Å². The van der Waals surface area contributed by atoms with E-state index in [4.69, 9.17) is 4.74 Å². The van der Waals surface area contributed by atoms with Gasteiger partial charge in [0, 0.05) is 12.8 Å². The summed E-state index contributed by atoms with van der Waals surface area (Å²) in [6, 6.07) is -0.637. The van der Waals surface area contributed by atoms with Crippen molar-refractivity contribution in [3.63, 3.8) is 0 Å². The quantitative estimate of drug-likeness (QED) is 0.0244. The van der Waals surface area contributed by atoms with Crippen molar-refractivity contribution in [3.8, 4) is 0 Å². The second-order valence-corrected chi connectivity index (χ2v) is 20.7. The van der Waals surface area contributed by atoms with Gasteiger partial charge in [-0.25, -0.2) is 0 Å². The maximum Gasteiger partial charge on any atom is 0.305 e. The molecule has 1 amide bonds. The Morgan fingerprint density at radius 2 is 0.725 bits per heavy atom. The molecule has 0 aliphatic carbocycles. The summed E-state index contributed by atoms with van der Waals surface area (Å²) < 4.78 is 5.43. The van der Waals surface area contributed by atoms with Crippen molar-refractivity contribution in [3.05, 3.63) is 48.6 Å². The van der Waals surface area contributed by atoms with Crippen LogP contribution in [0, 0.1) is 0 Å². The summed E-state index contributed by atoms with van der Waals surface area (Å²) in [5.74, 6) is -0.101. The van der Waals surface area contributed by atoms with Gasteiger partial charge in [0.15, 0.2) is 0 Å². The normalized spacial score (nSPS) is 12.9. The van der Waals surface area contributed by atoms with Crippen LogP contribution in [0.4, 0.5) is 0 Å². The molecule has 0 aliphatic rings. The first kappa shape index (κ1) is 66.8. The van der Waals surface area contributed by atoms with Gasteiger partial charge in [0.1, 0.15) is 0 Å². The van der Waals surface area contributed by atoms with Crippen LogP contribution in [-0.4, -0.2) is 47.4 Å². The summed E-state index contributed by atoms with van der Waals surface area (Å²) in [7, 11) is 0. The molecule has 0 aromatic rings. The molecule has 2 unspecified atom stereocenters. The zero-order chi connectivity index (χ0) is 50.0. The van der Waals surface area contributed by atoms with Crippen molar-refractivity contribution in [1.29, 1.82) is 0 Å². The highest BCUT2D eigenvalue weighted by Crippen LogP contribution is 2.17. The van der Waals surface area contributed by atoms with E-state index >= 15 is 0 Å². The summed E-state index contributed by atoms with van der Waals surface area (Å²) in [5, 5.41) is 23.2. The van der Waals surface area contributed by atoms with Crippen LogP contribution >= 0.6 is 0 Å². The number of carbonyl (C=O) groups is 2. The van der Waals surface area contributed by atoms with Gasteiger partial charge in [-0.2, -0.15) is 0 Å². The van der Waals surface area contributed by atoms with E-state index < -0.39 is 12.1 Å². The van der Waals surface area contributed by atoms with Crippen molar-refractivity contribution in [2.75, 3.05) is 13.2 Å². The molecule has 0 saturated carbocycles. The van der Waals surface area contributed by atoms with E-state index in [9.17, 15) is 19.8 Å². The van der Waals surface area contributed by atoms with Gasteiger partial charge in [0.05, 0.1) is 25.4 Å². The topological polar surface area (TPSA) is 95.9 Å². The Labute approximate surface area is 429 Å². The summed E-state index contributed by atoms with van der Waals surface area (Å²) >= 11 is 0. The predicted molar refractivity (Wildman–Crippen MR) is 301 cm³/mol. The minimum Gasteiger partial charge on any atom is -0.466 e. The van der Waals surface area contributed by atoms with Crippen molar-refractivity contribution < 1.29 is 24.5 Å². The number of aliphatic hydroxyl groups is 2. The molecule has 0 bridgehead atoms. The van der Waals surface area contributed by atoms with E-state index in [2.05, 4.69) is 55.6 Å². The lowest BCUT2D eigenvalue weighted by atomic mass is 10.0. The molecular weight excluding hydrogens is 851 g/mol. The Bertz CT molecular complexity index is 1160. The van der Waals surface area contributed by atoms with E-state index in [-0.39, 0.29) is 18.5 Å². The van der Waals surface area contributed by atoms with Crippen molar-refractivity contribution >= 4 is 11.9 Å². The number of hydrogen-bond acceptors (Lipinski definition) is 5. The van der Waals surface area contributed by atoms with Crippen LogP contribution in [-0.2, 0) is 14.3 Å². The number of unbranched alkanes of at least 4 members (excludes halogenated alkanes) is 40. The second kappa shape index (κ2) is 58.4. The van der Waals surface area contributed by atoms with Gasteiger partial charge < -0.3 is 20.3 Å². The number of ether oxygens (including phenoxy) is 1. The first-order valence-corrected chi connectivity index (χ1v) is 30.4. The van der Waals surface area contributed by atoms with Crippen LogP contribution in [0.2, 0.25) is 0 Å². The maximum atomic E-state index is 12.5. The largest absolute Gasteiger partial charge is 0.466 e. The molecule has 69 heavy (non-hydrogen) atoms. The molecule has 0 heterocycles. The number of carbonyl (C=O) groups excluding carboxylic acids is 2. The van der Waals surface area contributed by atoms with Crippen molar-refractivity contribution in [1.82, 2.24) is 5.32 Å². The highest BCUT2D eigenvalue weighted by Gasteiger charge is 2.18. The smallest absolute Gasteiger partial charge is 0.305 e. The lowest BCUT2D eigenvalue weighted by Crippen LogP contribution is -2.45. The van der Waals surface area contributed by atoms with E-state index in [0.717, 1.165) is 77.0 Å². The Morgan fingerprint density at radius 3 is 1.14 bits per heavy atom. The number of nitrogens with one attached hydrogen (secondary N) is 1. The molecule has 0 spiro atoms. The van der Waals surface area contributed by atoms with Crippen LogP contribution < -0.4 is 5.32 Å². The zero-order valence-electron chi connectivity index (χ0n) is 46.0. The lowest BCUT2D eigenvalue weighted by Gasteiger charge is -2.20. The van der Waals surface area contributed by atoms with E-state index in [1.807, 2.05) is 6.08 Å². The van der Waals surface area contributed by atoms with E-state index in [0.29, 0.717) is 19.4 Å². The molecule has 2 atom stereocenters. The Kier molecular flexibility index (Phi) is 56.5. The van der Waals surface area contributed by atoms with Gasteiger partial charge in [-0.3, -0.25) is 9.59 Å². The molecule has 6 heteroatoms. The molecular formula is C63H117NO5. The first-order chi connectivity index (χ1) is 34.0. The molecule has 0 aromatic carbocycles. The van der Waals surface area contributed by atoms with Crippen molar-refractivity contribution in [2.24, 2.45) is 0 Å². The summed E-state index contributed by atoms with van der Waals surface area (Å²) in [6.45, 7) is 4.85. The third-order valence-electron chi connectivity index (χ3n) is 13.8. The number of amides is 1. The van der Waals surface area contributed by atoms with Gasteiger partial charge in [-0.05, 0) is 89.9 Å². The van der Waals surface area contributed by atoms with Crippen LogP contribution in [0.3, 0.4) is 0 Å². The monoisotopic (exact) mass is 968 g/mol. The summed E-state index contributed by atoms with van der Waals surface area (Å²) in [5.41, 5.74) is 0. The SMILES string of the molecule is CCCCC/C=C\CCCCCCCC(=O)OCCCCC/C=C\C=C/CCCCCCCCCCCCC(=O)NC(CO)C(O)/C=C/CCCCCCCCCCCCCCCCCCCCC. The number of rotatable bonds is 56. The van der Waals surface area contributed by atoms with Crippen molar-refractivity contribution in [2.45, 2.75) is 328 Å². The molecule has 404 valence electrons. The highest BCUT2D eigenvalue weighted by atomic mass is 16.5. The van der Waals surface area contributed by atoms with E-state index in [1.54, 1.807) is 6.08 Å². The minimum absolute atomic E-state index is 0.0245. The standard InChI is InChI=1S/C63H117NO5/c1-3-5-7-9-11-13-15-17-18-19-20-21-23-26-29-32-35-39-43-47-51-55-61(66)60(59-65)64-62(67)56-52-48-44-40-36-33-30-27-24-22-25-28-31-34-38-42-46-50-54-58-69-63(68)57-53-49-45-41-37-16-14-12-10-8-6-4-2/h12,14,28,31,34,38,51,55,60-61,65-66H,3-11,13,15-27,29-30,32-33,35-37,39-50,52-54,56-59H2,1-2H3,(H,64,67)/b14-12-,31-28-,38-34-,55-51+. The first-order valence-electron chi connectivity index (χ1n) is 30.4. The summed E-state index contributed by atoms with van der Waals surface area (Å²) in [4.78, 5) is 24.5. The van der Waals surface area contributed by atoms with Gasteiger partial charge in [0.2, 0.25) is 5.91 Å². The second-order valence-electron chi connectivity index (χ2n) is 20.7. The molecule has 0 fully saturated rings. The maximum absolute atomic E-state index is 12.5. The fourth-order valence-corrected chi connectivity index (χ4v) is 9.15. The number of hydrogen-bond donors (Lipinski definition) is 3. The average Bonchev–Trinajstić information content (AvgIpc) is 3.35. The van der Waals surface area contributed by atoms with Gasteiger partial charge in [-0.1, -0.05) is 262 Å². The van der Waals surface area contributed by atoms with Gasteiger partial charge in [-0.15, -0.1) is 0 Å². The fourth-order valence-electron chi connectivity index (χ4n) is 9.15. The van der Waals surface area contributed by atoms with Crippen LogP contribution in [0.25, 0.3) is 0 Å². The molecule has 6 nitrogen and oxygen atoms in total. The Hall–Kier alpha value is -2.18. The number of esters is 1. The Morgan fingerprint density at radius 1 is 0.406 bits per heavy atom. The Balaban J connectivity index is 3.52. The third kappa shape index (κ3) is 55.0. The molecule has 0 aromatic heterocycles. The average molecular weight is 969 g/mol. The fraction of sp³-hybridized carbons (Fsp3) is 0.841. The zero-order valence-corrected chi connectivity index (χ0v) is 46.0. The minimum atomic E-state index is -0.853. The molecule has 0 saturated heterocycles. The van der Waals surface area contributed by atoms with Crippen LogP contribution in [0.5, 0.6) is 0 Å². The number of aliphatic hydroxyl groups excluding tert-OH is 2. The van der Waals surface area contributed by atoms with E-state index in [1.165, 1.54) is 212 Å².